The Bertz CT molecular complexity index is 688. The van der Waals surface area contributed by atoms with Crippen molar-refractivity contribution in [2.75, 3.05) is 19.8 Å². The lowest BCUT2D eigenvalue weighted by Crippen LogP contribution is -2.42. The van der Waals surface area contributed by atoms with E-state index in [1.165, 1.54) is 12.1 Å². The molecule has 1 aromatic heterocycles. The smallest absolute Gasteiger partial charge is 0.318 e. The average molecular weight is 357 g/mol. The number of halogens is 1. The number of nitrogens with zero attached hydrogens (tertiary/aromatic N) is 2. The molecule has 1 aliphatic rings. The van der Waals surface area contributed by atoms with Gasteiger partial charge in [0.25, 0.3) is 0 Å². The Balaban J connectivity index is 1.64. The van der Waals surface area contributed by atoms with E-state index in [2.05, 4.69) is 10.3 Å². The Hall–Kier alpha value is -2.47. The largest absolute Gasteiger partial charge is 0.381 e. The van der Waals surface area contributed by atoms with Gasteiger partial charge in [-0.25, -0.2) is 9.18 Å². The molecule has 138 valence electrons. The Morgan fingerprint density at radius 2 is 1.85 bits per heavy atom. The standard InChI is InChI=1S/C20H24FN3O2/c21-19-5-3-16(4-6-19)13-24(14-17-7-9-22-10-8-17)20(25)23-12-18-2-1-11-26-15-18/h3-10,18H,1-2,11-15H2,(H,23,25). The monoisotopic (exact) mass is 357 g/mol. The molecule has 0 aliphatic carbocycles. The molecular formula is C20H24FN3O2. The van der Waals surface area contributed by atoms with E-state index in [1.807, 2.05) is 12.1 Å². The van der Waals surface area contributed by atoms with Gasteiger partial charge in [0.15, 0.2) is 0 Å². The molecule has 2 aromatic rings. The van der Waals surface area contributed by atoms with Gasteiger partial charge in [-0.2, -0.15) is 0 Å². The second kappa shape index (κ2) is 9.29. The third-order valence-corrected chi connectivity index (χ3v) is 4.49. The van der Waals surface area contributed by atoms with Crippen LogP contribution in [0.1, 0.15) is 24.0 Å². The van der Waals surface area contributed by atoms with Crippen LogP contribution in [0.15, 0.2) is 48.8 Å². The van der Waals surface area contributed by atoms with Crippen LogP contribution in [0.5, 0.6) is 0 Å². The van der Waals surface area contributed by atoms with Crippen molar-refractivity contribution in [1.82, 2.24) is 15.2 Å². The summed E-state index contributed by atoms with van der Waals surface area (Å²) in [7, 11) is 0. The molecule has 3 rings (SSSR count). The number of carbonyl (C=O) groups is 1. The number of hydrogen-bond donors (Lipinski definition) is 1. The zero-order valence-electron chi connectivity index (χ0n) is 14.7. The highest BCUT2D eigenvalue weighted by Crippen LogP contribution is 2.14. The van der Waals surface area contributed by atoms with Crippen molar-refractivity contribution in [3.8, 4) is 0 Å². The lowest BCUT2D eigenvalue weighted by molar-refractivity contribution is 0.0550. The van der Waals surface area contributed by atoms with E-state index in [4.69, 9.17) is 4.74 Å². The number of urea groups is 1. The highest BCUT2D eigenvalue weighted by Gasteiger charge is 2.18. The number of pyridine rings is 1. The summed E-state index contributed by atoms with van der Waals surface area (Å²) in [5, 5.41) is 3.02. The number of hydrogen-bond acceptors (Lipinski definition) is 3. The van der Waals surface area contributed by atoms with Crippen LogP contribution >= 0.6 is 0 Å². The molecule has 26 heavy (non-hydrogen) atoms. The predicted octanol–water partition coefficient (Wildman–Crippen LogP) is 3.36. The molecule has 0 bridgehead atoms. The fourth-order valence-electron chi connectivity index (χ4n) is 3.03. The fraction of sp³-hybridized carbons (Fsp3) is 0.400. The van der Waals surface area contributed by atoms with E-state index in [9.17, 15) is 9.18 Å². The summed E-state index contributed by atoms with van der Waals surface area (Å²) < 4.78 is 18.6. The second-order valence-corrected chi connectivity index (χ2v) is 6.61. The van der Waals surface area contributed by atoms with Crippen molar-refractivity contribution < 1.29 is 13.9 Å². The molecule has 1 saturated heterocycles. The summed E-state index contributed by atoms with van der Waals surface area (Å²) in [6.45, 7) is 2.99. The summed E-state index contributed by atoms with van der Waals surface area (Å²) in [5.74, 6) is 0.0810. The number of ether oxygens (including phenoxy) is 1. The lowest BCUT2D eigenvalue weighted by atomic mass is 10.0. The highest BCUT2D eigenvalue weighted by atomic mass is 19.1. The summed E-state index contributed by atoms with van der Waals surface area (Å²) in [5.41, 5.74) is 1.88. The molecule has 5 nitrogen and oxygen atoms in total. The minimum Gasteiger partial charge on any atom is -0.381 e. The number of aromatic nitrogens is 1. The average Bonchev–Trinajstić information content (AvgIpc) is 2.69. The number of rotatable bonds is 6. The van der Waals surface area contributed by atoms with Gasteiger partial charge in [0.05, 0.1) is 6.61 Å². The molecular weight excluding hydrogens is 333 g/mol. The highest BCUT2D eigenvalue weighted by molar-refractivity contribution is 5.74. The fourth-order valence-corrected chi connectivity index (χ4v) is 3.03. The summed E-state index contributed by atoms with van der Waals surface area (Å²) >= 11 is 0. The van der Waals surface area contributed by atoms with Crippen molar-refractivity contribution >= 4 is 6.03 Å². The van der Waals surface area contributed by atoms with E-state index in [-0.39, 0.29) is 11.8 Å². The molecule has 1 fully saturated rings. The number of nitrogens with one attached hydrogen (secondary N) is 1. The van der Waals surface area contributed by atoms with Gasteiger partial charge in [0.1, 0.15) is 5.82 Å². The molecule has 6 heteroatoms. The maximum absolute atomic E-state index is 13.1. The first-order valence-electron chi connectivity index (χ1n) is 8.94. The molecule has 1 aromatic carbocycles. The molecule has 1 N–H and O–H groups in total. The van der Waals surface area contributed by atoms with Gasteiger partial charge in [0, 0.05) is 38.6 Å². The van der Waals surface area contributed by atoms with Gasteiger partial charge in [-0.1, -0.05) is 12.1 Å². The Labute approximate surface area is 153 Å². The van der Waals surface area contributed by atoms with Gasteiger partial charge in [0.2, 0.25) is 0 Å². The van der Waals surface area contributed by atoms with Crippen LogP contribution in [0.3, 0.4) is 0 Å². The van der Waals surface area contributed by atoms with E-state index in [0.29, 0.717) is 32.2 Å². The van der Waals surface area contributed by atoms with Crippen LogP contribution in [0, 0.1) is 11.7 Å². The molecule has 2 heterocycles. The van der Waals surface area contributed by atoms with Gasteiger partial charge in [-0.15, -0.1) is 0 Å². The van der Waals surface area contributed by atoms with Crippen LogP contribution in [0.4, 0.5) is 9.18 Å². The molecule has 2 amide bonds. The third kappa shape index (κ3) is 5.52. The first-order chi connectivity index (χ1) is 12.7. The van der Waals surface area contributed by atoms with Crippen molar-refractivity contribution in [3.63, 3.8) is 0 Å². The van der Waals surface area contributed by atoms with Gasteiger partial charge >= 0.3 is 6.03 Å². The summed E-state index contributed by atoms with van der Waals surface area (Å²) in [6.07, 6.45) is 5.53. The van der Waals surface area contributed by atoms with Gasteiger partial charge < -0.3 is 15.0 Å². The topological polar surface area (TPSA) is 54.5 Å². The zero-order valence-corrected chi connectivity index (χ0v) is 14.7. The van der Waals surface area contributed by atoms with E-state index in [0.717, 1.165) is 30.6 Å². The quantitative estimate of drug-likeness (QED) is 0.862. The minimum absolute atomic E-state index is 0.128. The maximum atomic E-state index is 13.1. The first kappa shape index (κ1) is 18.3. The van der Waals surface area contributed by atoms with Gasteiger partial charge in [-0.05, 0) is 54.2 Å². The number of benzene rings is 1. The van der Waals surface area contributed by atoms with Crippen LogP contribution < -0.4 is 5.32 Å². The van der Waals surface area contributed by atoms with Crippen molar-refractivity contribution in [3.05, 3.63) is 65.7 Å². The SMILES string of the molecule is O=C(NCC1CCCOC1)N(Cc1ccncc1)Cc1ccc(F)cc1. The summed E-state index contributed by atoms with van der Waals surface area (Å²) in [6, 6.07) is 9.89. The van der Waals surface area contributed by atoms with Crippen molar-refractivity contribution in [2.24, 2.45) is 5.92 Å². The lowest BCUT2D eigenvalue weighted by Gasteiger charge is -2.26. The van der Waals surface area contributed by atoms with Crippen LogP contribution in [0.25, 0.3) is 0 Å². The second-order valence-electron chi connectivity index (χ2n) is 6.61. The normalized spacial score (nSPS) is 16.9. The molecule has 1 unspecified atom stereocenters. The molecule has 0 saturated carbocycles. The van der Waals surface area contributed by atoms with Crippen molar-refractivity contribution in [2.45, 2.75) is 25.9 Å². The van der Waals surface area contributed by atoms with E-state index in [1.54, 1.807) is 29.4 Å². The first-order valence-corrected chi connectivity index (χ1v) is 8.94. The minimum atomic E-state index is -0.281. The van der Waals surface area contributed by atoms with E-state index < -0.39 is 0 Å². The zero-order chi connectivity index (χ0) is 18.2. The molecule has 0 spiro atoms. The van der Waals surface area contributed by atoms with Crippen molar-refractivity contribution in [1.29, 1.82) is 0 Å². The maximum Gasteiger partial charge on any atom is 0.318 e. The van der Waals surface area contributed by atoms with Crippen LogP contribution in [-0.4, -0.2) is 35.7 Å². The Morgan fingerprint density at radius 3 is 2.50 bits per heavy atom. The van der Waals surface area contributed by atoms with Crippen LogP contribution in [0.2, 0.25) is 0 Å². The number of amides is 2. The molecule has 0 radical (unpaired) electrons. The van der Waals surface area contributed by atoms with Crippen LogP contribution in [-0.2, 0) is 17.8 Å². The summed E-state index contributed by atoms with van der Waals surface area (Å²) in [4.78, 5) is 18.5. The van der Waals surface area contributed by atoms with Gasteiger partial charge in [-0.3, -0.25) is 4.98 Å². The number of carbonyl (C=O) groups excluding carboxylic acids is 1. The van der Waals surface area contributed by atoms with E-state index >= 15 is 0 Å². The molecule has 1 aliphatic heterocycles. The Morgan fingerprint density at radius 1 is 1.15 bits per heavy atom. The molecule has 1 atom stereocenters. The Kier molecular flexibility index (Phi) is 6.55. The predicted molar refractivity (Wildman–Crippen MR) is 96.8 cm³/mol. The third-order valence-electron chi connectivity index (χ3n) is 4.49.